The van der Waals surface area contributed by atoms with E-state index in [4.69, 9.17) is 4.74 Å². The Bertz CT molecular complexity index is 1160. The van der Waals surface area contributed by atoms with E-state index in [1.54, 1.807) is 0 Å². The molecular weight excluding hydrogens is 402 g/mol. The van der Waals surface area contributed by atoms with E-state index < -0.39 is 10.5 Å². The Morgan fingerprint density at radius 3 is 2.81 bits per heavy atom. The normalized spacial score (nSPS) is 12.4. The summed E-state index contributed by atoms with van der Waals surface area (Å²) in [4.78, 5) is 33.0. The van der Waals surface area contributed by atoms with Crippen molar-refractivity contribution in [2.24, 2.45) is 0 Å². The largest absolute Gasteiger partial charge is 0.493 e. The average molecular weight is 423 g/mol. The molecule has 0 saturated carbocycles. The maximum atomic E-state index is 12.4. The van der Waals surface area contributed by atoms with Crippen molar-refractivity contribution in [3.05, 3.63) is 73.7 Å². The molecule has 2 aromatic heterocycles. The third-order valence-corrected chi connectivity index (χ3v) is 5.11. The topological polar surface area (TPSA) is 143 Å². The second-order valence-corrected chi connectivity index (χ2v) is 7.24. The van der Waals surface area contributed by atoms with Gasteiger partial charge in [0.05, 0.1) is 17.1 Å². The Morgan fingerprint density at radius 2 is 2.06 bits per heavy atom. The van der Waals surface area contributed by atoms with Gasteiger partial charge in [0.25, 0.3) is 11.2 Å². The number of aromatic nitrogens is 3. The van der Waals surface area contributed by atoms with Crippen LogP contribution in [0.1, 0.15) is 29.5 Å². The lowest BCUT2D eigenvalue weighted by Gasteiger charge is -2.10. The van der Waals surface area contributed by atoms with Crippen LogP contribution in [0.5, 0.6) is 11.8 Å². The number of rotatable bonds is 8. The minimum absolute atomic E-state index is 0.122. The molecule has 3 N–H and O–H groups in total. The highest BCUT2D eigenvalue weighted by Crippen LogP contribution is 2.26. The van der Waals surface area contributed by atoms with Gasteiger partial charge in [-0.2, -0.15) is 4.98 Å². The van der Waals surface area contributed by atoms with E-state index in [1.165, 1.54) is 23.3 Å². The van der Waals surface area contributed by atoms with Crippen molar-refractivity contribution in [1.29, 1.82) is 0 Å². The summed E-state index contributed by atoms with van der Waals surface area (Å²) in [6.45, 7) is 0.221. The SMILES string of the molecule is O=c1[nH]c(Nc2ccc3c(c2)CCC3)nc(O)c1CCCOc1ccc([N+](=O)[O-])cn1. The average Bonchev–Trinajstić information content (AvgIpc) is 3.21. The number of fused-ring (bicyclic) bond motifs is 1. The van der Waals surface area contributed by atoms with Crippen LogP contribution in [0.25, 0.3) is 0 Å². The van der Waals surface area contributed by atoms with Crippen molar-refractivity contribution < 1.29 is 14.8 Å². The van der Waals surface area contributed by atoms with E-state index in [1.807, 2.05) is 12.1 Å². The molecule has 0 bridgehead atoms. The maximum Gasteiger partial charge on any atom is 0.287 e. The molecule has 10 heteroatoms. The minimum atomic E-state index is -0.540. The first-order valence-corrected chi connectivity index (χ1v) is 9.94. The Hall–Kier alpha value is -3.95. The number of H-pyrrole nitrogens is 1. The van der Waals surface area contributed by atoms with Crippen LogP contribution in [-0.4, -0.2) is 31.6 Å². The summed E-state index contributed by atoms with van der Waals surface area (Å²) >= 11 is 0. The lowest BCUT2D eigenvalue weighted by atomic mass is 10.1. The first-order valence-electron chi connectivity index (χ1n) is 9.94. The highest BCUT2D eigenvalue weighted by Gasteiger charge is 2.14. The molecule has 31 heavy (non-hydrogen) atoms. The highest BCUT2D eigenvalue weighted by atomic mass is 16.6. The van der Waals surface area contributed by atoms with Crippen LogP contribution in [0.2, 0.25) is 0 Å². The number of aromatic hydroxyl groups is 1. The first kappa shape index (κ1) is 20.3. The summed E-state index contributed by atoms with van der Waals surface area (Å²) in [6, 6.07) is 8.74. The fourth-order valence-electron chi connectivity index (χ4n) is 3.55. The molecule has 0 spiro atoms. The molecule has 0 amide bonds. The van der Waals surface area contributed by atoms with Gasteiger partial charge in [-0.1, -0.05) is 6.07 Å². The lowest BCUT2D eigenvalue weighted by Crippen LogP contribution is -2.17. The number of ether oxygens (including phenoxy) is 1. The molecule has 0 saturated heterocycles. The van der Waals surface area contributed by atoms with Crippen LogP contribution in [0.15, 0.2) is 41.3 Å². The summed E-state index contributed by atoms with van der Waals surface area (Å²) in [5.74, 6) is 0.0900. The van der Waals surface area contributed by atoms with Crippen LogP contribution in [0.3, 0.4) is 0 Å². The monoisotopic (exact) mass is 423 g/mol. The molecular formula is C21H21N5O5. The van der Waals surface area contributed by atoms with Crippen molar-refractivity contribution in [2.45, 2.75) is 32.1 Å². The quantitative estimate of drug-likeness (QED) is 0.285. The third-order valence-electron chi connectivity index (χ3n) is 5.11. The summed E-state index contributed by atoms with van der Waals surface area (Å²) in [6.07, 6.45) is 5.06. The zero-order valence-corrected chi connectivity index (χ0v) is 16.6. The van der Waals surface area contributed by atoms with Crippen LogP contribution in [0, 0.1) is 10.1 Å². The molecule has 0 radical (unpaired) electrons. The van der Waals surface area contributed by atoms with Gasteiger partial charge in [-0.15, -0.1) is 0 Å². The van der Waals surface area contributed by atoms with Crippen LogP contribution in [-0.2, 0) is 19.3 Å². The van der Waals surface area contributed by atoms with Crippen molar-refractivity contribution >= 4 is 17.3 Å². The van der Waals surface area contributed by atoms with Crippen molar-refractivity contribution in [1.82, 2.24) is 15.0 Å². The van der Waals surface area contributed by atoms with Gasteiger partial charge < -0.3 is 15.2 Å². The summed E-state index contributed by atoms with van der Waals surface area (Å²) in [7, 11) is 0. The molecule has 1 aliphatic carbocycles. The standard InChI is InChI=1S/C21H21N5O5/c27-19-17(5-2-10-31-18-9-8-16(12-22-18)26(29)30)20(28)25-21(24-19)23-15-7-6-13-3-1-4-14(13)11-15/h6-9,11-12H,1-5,10H2,(H3,23,24,25,27,28). The number of hydrogen-bond donors (Lipinski definition) is 3. The summed E-state index contributed by atoms with van der Waals surface area (Å²) < 4.78 is 5.42. The maximum absolute atomic E-state index is 12.4. The van der Waals surface area contributed by atoms with Gasteiger partial charge in [0.2, 0.25) is 17.7 Å². The van der Waals surface area contributed by atoms with Gasteiger partial charge >= 0.3 is 0 Å². The lowest BCUT2D eigenvalue weighted by molar-refractivity contribution is -0.385. The van der Waals surface area contributed by atoms with Gasteiger partial charge in [0.1, 0.15) is 6.20 Å². The molecule has 4 rings (SSSR count). The van der Waals surface area contributed by atoms with E-state index in [0.717, 1.165) is 31.1 Å². The minimum Gasteiger partial charge on any atom is -0.493 e. The predicted molar refractivity (Wildman–Crippen MR) is 113 cm³/mol. The van der Waals surface area contributed by atoms with E-state index in [0.29, 0.717) is 6.42 Å². The number of benzene rings is 1. The van der Waals surface area contributed by atoms with Crippen LogP contribution in [0.4, 0.5) is 17.3 Å². The Balaban J connectivity index is 1.34. The number of anilines is 2. The van der Waals surface area contributed by atoms with E-state index in [-0.39, 0.29) is 42.0 Å². The van der Waals surface area contributed by atoms with Crippen molar-refractivity contribution in [3.63, 3.8) is 0 Å². The number of aromatic amines is 1. The molecule has 1 aromatic carbocycles. The molecule has 2 heterocycles. The Kier molecular flexibility index (Phi) is 5.78. The molecule has 0 atom stereocenters. The number of nitrogens with one attached hydrogen (secondary N) is 2. The van der Waals surface area contributed by atoms with Gasteiger partial charge in [0, 0.05) is 17.8 Å². The van der Waals surface area contributed by atoms with Gasteiger partial charge in [0.15, 0.2) is 0 Å². The molecule has 10 nitrogen and oxygen atoms in total. The predicted octanol–water partition coefficient (Wildman–Crippen LogP) is 3.02. The highest BCUT2D eigenvalue weighted by molar-refractivity contribution is 5.57. The number of nitro groups is 1. The number of pyridine rings is 1. The van der Waals surface area contributed by atoms with Crippen molar-refractivity contribution in [2.75, 3.05) is 11.9 Å². The Labute approximate surface area is 177 Å². The number of nitrogens with zero attached hydrogens (tertiary/aromatic N) is 3. The number of aryl methyl sites for hydroxylation is 2. The molecule has 0 fully saturated rings. The fraction of sp³-hybridized carbons (Fsp3) is 0.286. The van der Waals surface area contributed by atoms with Gasteiger partial charge in [-0.05, 0) is 55.4 Å². The zero-order valence-electron chi connectivity index (χ0n) is 16.6. The number of hydrogen-bond acceptors (Lipinski definition) is 8. The van der Waals surface area contributed by atoms with Crippen molar-refractivity contribution in [3.8, 4) is 11.8 Å². The van der Waals surface area contributed by atoms with E-state index >= 15 is 0 Å². The van der Waals surface area contributed by atoms with Gasteiger partial charge in [-0.3, -0.25) is 19.9 Å². The van der Waals surface area contributed by atoms with Crippen LogP contribution < -0.4 is 15.6 Å². The van der Waals surface area contributed by atoms with Crippen LogP contribution >= 0.6 is 0 Å². The van der Waals surface area contributed by atoms with Gasteiger partial charge in [-0.25, -0.2) is 4.98 Å². The smallest absolute Gasteiger partial charge is 0.287 e. The third kappa shape index (κ3) is 4.80. The van der Waals surface area contributed by atoms with E-state index in [2.05, 4.69) is 26.3 Å². The zero-order chi connectivity index (χ0) is 21.8. The Morgan fingerprint density at radius 1 is 1.23 bits per heavy atom. The second kappa shape index (κ2) is 8.82. The molecule has 0 unspecified atom stereocenters. The summed E-state index contributed by atoms with van der Waals surface area (Å²) in [5, 5.41) is 23.9. The molecule has 160 valence electrons. The summed E-state index contributed by atoms with van der Waals surface area (Å²) in [5.41, 5.74) is 3.06. The molecule has 3 aromatic rings. The fourth-order valence-corrected chi connectivity index (χ4v) is 3.55. The van der Waals surface area contributed by atoms with E-state index in [9.17, 15) is 20.0 Å². The molecule has 1 aliphatic rings. The first-order chi connectivity index (χ1) is 15.0. The second-order valence-electron chi connectivity index (χ2n) is 7.24. The molecule has 0 aliphatic heterocycles.